The van der Waals surface area contributed by atoms with E-state index < -0.39 is 0 Å². The molecule has 2 N–H and O–H groups in total. The van der Waals surface area contributed by atoms with Gasteiger partial charge >= 0.3 is 0 Å². The molecule has 1 aromatic rings. The number of rotatable bonds is 2. The van der Waals surface area contributed by atoms with Gasteiger partial charge in [-0.15, -0.1) is 0 Å². The van der Waals surface area contributed by atoms with Gasteiger partial charge < -0.3 is 5.11 Å². The average molecular weight is 294 g/mol. The molecule has 1 aliphatic carbocycles. The predicted molar refractivity (Wildman–Crippen MR) is 86.0 cm³/mol. The smallest absolute Gasteiger partial charge is 0.104 e. The predicted octanol–water partition coefficient (Wildman–Crippen LogP) is 2.56. The number of hydrogen-bond donors (Lipinski definition) is 2. The Hall–Kier alpha value is -1.81. The molecule has 1 saturated carbocycles. The number of hydrogen-bond acceptors (Lipinski definition) is 3. The Morgan fingerprint density at radius 3 is 2.50 bits per heavy atom. The number of nitriles is 1. The fourth-order valence-electron chi connectivity index (χ4n) is 3.48. The summed E-state index contributed by atoms with van der Waals surface area (Å²) in [4.78, 5) is 0. The summed E-state index contributed by atoms with van der Waals surface area (Å²) in [5.41, 5.74) is 2.14. The van der Waals surface area contributed by atoms with Gasteiger partial charge in [0.05, 0.1) is 12.7 Å². The molecule has 0 aromatic heterocycles. The van der Waals surface area contributed by atoms with Gasteiger partial charge in [-0.1, -0.05) is 43.2 Å². The van der Waals surface area contributed by atoms with Gasteiger partial charge in [-0.25, -0.2) is 0 Å². The summed E-state index contributed by atoms with van der Waals surface area (Å²) >= 11 is 0. The first kappa shape index (κ1) is 15.1. The van der Waals surface area contributed by atoms with E-state index in [4.69, 9.17) is 5.26 Å². The van der Waals surface area contributed by atoms with Crippen molar-refractivity contribution in [3.05, 3.63) is 35.4 Å². The van der Waals surface area contributed by atoms with Crippen molar-refractivity contribution in [2.24, 2.45) is 5.92 Å². The van der Waals surface area contributed by atoms with E-state index in [1.54, 1.807) is 0 Å². The molecule has 1 aromatic carbocycles. The molecule has 3 nitrogen and oxygen atoms in total. The molecule has 0 radical (unpaired) electrons. The van der Waals surface area contributed by atoms with Crippen LogP contribution in [0.2, 0.25) is 0 Å². The van der Waals surface area contributed by atoms with Crippen molar-refractivity contribution in [3.8, 4) is 17.9 Å². The van der Waals surface area contributed by atoms with Crippen LogP contribution in [0.3, 0.4) is 0 Å². The summed E-state index contributed by atoms with van der Waals surface area (Å²) in [6.45, 7) is 0.0616. The average Bonchev–Trinajstić information content (AvgIpc) is 2.55. The molecule has 2 fully saturated rings. The van der Waals surface area contributed by atoms with Crippen molar-refractivity contribution in [2.75, 3.05) is 6.61 Å². The lowest BCUT2D eigenvalue weighted by molar-refractivity contribution is 0.151. The molecule has 0 spiro atoms. The zero-order valence-electron chi connectivity index (χ0n) is 12.8. The van der Waals surface area contributed by atoms with E-state index in [1.165, 1.54) is 32.1 Å². The first-order valence-electron chi connectivity index (χ1n) is 8.20. The lowest BCUT2D eigenvalue weighted by atomic mass is 9.78. The maximum absolute atomic E-state index is 9.32. The van der Waals surface area contributed by atoms with Crippen LogP contribution in [0.5, 0.6) is 0 Å². The van der Waals surface area contributed by atoms with Crippen LogP contribution in [-0.4, -0.2) is 23.8 Å². The van der Waals surface area contributed by atoms with Gasteiger partial charge in [0.1, 0.15) is 6.04 Å². The van der Waals surface area contributed by atoms with Crippen molar-refractivity contribution < 1.29 is 5.11 Å². The Labute approximate surface area is 132 Å². The van der Waals surface area contributed by atoms with Crippen molar-refractivity contribution in [1.29, 1.82) is 5.26 Å². The third-order valence-electron chi connectivity index (χ3n) is 4.84. The van der Waals surface area contributed by atoms with E-state index in [9.17, 15) is 5.11 Å². The second kappa shape index (κ2) is 6.97. The maximum Gasteiger partial charge on any atom is 0.104 e. The number of aliphatic hydroxyl groups excluding tert-OH is 1. The molecular formula is C19H22N2O. The van der Waals surface area contributed by atoms with Gasteiger partial charge in [0.15, 0.2) is 0 Å². The van der Waals surface area contributed by atoms with Crippen LogP contribution in [0.4, 0.5) is 0 Å². The molecule has 0 bridgehead atoms. The normalized spacial score (nSPS) is 28.1. The summed E-state index contributed by atoms with van der Waals surface area (Å²) in [6.07, 6.45) is 6.45. The number of nitrogens with zero attached hydrogens (tertiary/aromatic N) is 1. The number of aliphatic hydroxyl groups is 1. The minimum absolute atomic E-state index is 0.0103. The van der Waals surface area contributed by atoms with Crippen molar-refractivity contribution >= 4 is 0 Å². The van der Waals surface area contributed by atoms with Gasteiger partial charge in [-0.2, -0.15) is 5.26 Å². The molecule has 1 aliphatic heterocycles. The first-order valence-corrected chi connectivity index (χ1v) is 8.20. The summed E-state index contributed by atoms with van der Waals surface area (Å²) in [5, 5.41) is 21.5. The number of benzene rings is 1. The quantitative estimate of drug-likeness (QED) is 0.824. The third-order valence-corrected chi connectivity index (χ3v) is 4.84. The lowest BCUT2D eigenvalue weighted by Crippen LogP contribution is -2.60. The molecule has 3 rings (SSSR count). The van der Waals surface area contributed by atoms with E-state index in [2.05, 4.69) is 23.2 Å². The van der Waals surface area contributed by atoms with Crippen molar-refractivity contribution in [3.63, 3.8) is 0 Å². The zero-order valence-corrected chi connectivity index (χ0v) is 12.8. The number of nitrogens with one attached hydrogen (secondary N) is 1. The van der Waals surface area contributed by atoms with Crippen LogP contribution < -0.4 is 5.32 Å². The highest BCUT2D eigenvalue weighted by atomic mass is 16.3. The second-order valence-corrected chi connectivity index (χ2v) is 6.31. The Balaban J connectivity index is 1.68. The van der Waals surface area contributed by atoms with Gasteiger partial charge in [0.25, 0.3) is 0 Å². The van der Waals surface area contributed by atoms with Crippen LogP contribution in [0.15, 0.2) is 24.3 Å². The van der Waals surface area contributed by atoms with E-state index in [1.807, 2.05) is 24.3 Å². The fraction of sp³-hybridized carbons (Fsp3) is 0.526. The maximum atomic E-state index is 9.32. The van der Waals surface area contributed by atoms with Gasteiger partial charge in [-0.3, -0.25) is 5.32 Å². The Bertz CT molecular complexity index is 599. The summed E-state index contributed by atoms with van der Waals surface area (Å²) in [5.74, 6) is 7.33. The SMILES string of the molecule is N#C[C@H]1N[C@H](CO)[C@@H]1c1ccc(C#CC2CCCCC2)cc1. The molecule has 1 heterocycles. The first-order chi connectivity index (χ1) is 10.8. The van der Waals surface area contributed by atoms with E-state index >= 15 is 0 Å². The van der Waals surface area contributed by atoms with Gasteiger partial charge in [-0.05, 0) is 30.5 Å². The molecule has 1 saturated heterocycles. The minimum atomic E-state index is -0.198. The molecule has 0 unspecified atom stereocenters. The van der Waals surface area contributed by atoms with Crippen LogP contribution in [0.25, 0.3) is 0 Å². The summed E-state index contributed by atoms with van der Waals surface area (Å²) in [6, 6.07) is 10.2. The molecule has 114 valence electrons. The minimum Gasteiger partial charge on any atom is -0.395 e. The molecule has 2 aliphatic rings. The largest absolute Gasteiger partial charge is 0.395 e. The van der Waals surface area contributed by atoms with Crippen LogP contribution in [-0.2, 0) is 0 Å². The standard InChI is InChI=1S/C19H22N2O/c20-12-17-19(18(13-22)21-17)16-10-8-15(9-11-16)7-6-14-4-2-1-3-5-14/h8-11,14,17-19,21-22H,1-5,13H2/t17-,18-,19-/m1/s1. The van der Waals surface area contributed by atoms with Crippen molar-refractivity contribution in [1.82, 2.24) is 5.32 Å². The van der Waals surface area contributed by atoms with Crippen LogP contribution in [0.1, 0.15) is 49.1 Å². The molecular weight excluding hydrogens is 272 g/mol. The highest BCUT2D eigenvalue weighted by molar-refractivity contribution is 5.40. The second-order valence-electron chi connectivity index (χ2n) is 6.31. The Morgan fingerprint density at radius 1 is 1.14 bits per heavy atom. The highest BCUT2D eigenvalue weighted by Crippen LogP contribution is 2.31. The fourth-order valence-corrected chi connectivity index (χ4v) is 3.48. The summed E-state index contributed by atoms with van der Waals surface area (Å²) in [7, 11) is 0. The lowest BCUT2D eigenvalue weighted by Gasteiger charge is -2.41. The van der Waals surface area contributed by atoms with Crippen LogP contribution in [0, 0.1) is 29.1 Å². The topological polar surface area (TPSA) is 56.0 Å². The highest BCUT2D eigenvalue weighted by Gasteiger charge is 2.40. The van der Waals surface area contributed by atoms with E-state index in [0.29, 0.717) is 5.92 Å². The summed E-state index contributed by atoms with van der Waals surface area (Å²) < 4.78 is 0. The zero-order chi connectivity index (χ0) is 15.4. The van der Waals surface area contributed by atoms with E-state index in [0.717, 1.165) is 11.1 Å². The Morgan fingerprint density at radius 2 is 1.86 bits per heavy atom. The van der Waals surface area contributed by atoms with Gasteiger partial charge in [0.2, 0.25) is 0 Å². The molecule has 3 atom stereocenters. The monoisotopic (exact) mass is 294 g/mol. The van der Waals surface area contributed by atoms with Crippen molar-refractivity contribution in [2.45, 2.75) is 50.1 Å². The van der Waals surface area contributed by atoms with Gasteiger partial charge in [0, 0.05) is 23.4 Å². The van der Waals surface area contributed by atoms with E-state index in [-0.39, 0.29) is 24.6 Å². The third kappa shape index (κ3) is 3.17. The molecule has 0 amide bonds. The Kier molecular flexibility index (Phi) is 4.78. The molecule has 22 heavy (non-hydrogen) atoms. The van der Waals surface area contributed by atoms with Crippen LogP contribution >= 0.6 is 0 Å². The molecule has 3 heteroatoms.